The van der Waals surface area contributed by atoms with E-state index < -0.39 is 0 Å². The molecule has 0 bridgehead atoms. The Hall–Kier alpha value is -1.58. The van der Waals surface area contributed by atoms with Crippen molar-refractivity contribution in [3.8, 4) is 0 Å². The SMILES string of the molecule is CCNC(=NCc1cccc(N2CC=CC2)c1)NCC(c1cccs1)N1CCCC1.I. The van der Waals surface area contributed by atoms with Gasteiger partial charge in [-0.05, 0) is 62.0 Å². The van der Waals surface area contributed by atoms with E-state index in [0.717, 1.165) is 32.1 Å². The van der Waals surface area contributed by atoms with Crippen LogP contribution in [-0.4, -0.2) is 50.1 Å². The summed E-state index contributed by atoms with van der Waals surface area (Å²) >= 11 is 1.86. The highest BCUT2D eigenvalue weighted by Crippen LogP contribution is 2.27. The Bertz CT molecular complexity index is 837. The molecular formula is C24H34IN5S. The lowest BCUT2D eigenvalue weighted by atomic mass is 10.2. The van der Waals surface area contributed by atoms with Crippen LogP contribution in [0.25, 0.3) is 0 Å². The predicted molar refractivity (Wildman–Crippen MR) is 144 cm³/mol. The molecule has 0 aliphatic carbocycles. The number of halogens is 1. The first kappa shape index (κ1) is 24.1. The number of benzene rings is 1. The summed E-state index contributed by atoms with van der Waals surface area (Å²) in [5.41, 5.74) is 2.52. The fraction of sp³-hybridized carbons (Fsp3) is 0.458. The van der Waals surface area contributed by atoms with Crippen LogP contribution >= 0.6 is 35.3 Å². The van der Waals surface area contributed by atoms with E-state index in [4.69, 9.17) is 4.99 Å². The number of likely N-dealkylation sites (tertiary alicyclic amines) is 1. The Labute approximate surface area is 207 Å². The number of nitrogens with one attached hydrogen (secondary N) is 2. The van der Waals surface area contributed by atoms with E-state index in [9.17, 15) is 0 Å². The van der Waals surface area contributed by atoms with Crippen molar-refractivity contribution in [3.63, 3.8) is 0 Å². The average Bonchev–Trinajstić information content (AvgIpc) is 3.56. The summed E-state index contributed by atoms with van der Waals surface area (Å²) in [5, 5.41) is 9.21. The Morgan fingerprint density at radius 1 is 1.10 bits per heavy atom. The number of thiophene rings is 1. The fourth-order valence-electron chi connectivity index (χ4n) is 4.19. The highest BCUT2D eigenvalue weighted by atomic mass is 127. The van der Waals surface area contributed by atoms with Gasteiger partial charge < -0.3 is 15.5 Å². The number of hydrogen-bond donors (Lipinski definition) is 2. The van der Waals surface area contributed by atoms with Crippen molar-refractivity contribution in [1.29, 1.82) is 0 Å². The second kappa shape index (κ2) is 12.5. The van der Waals surface area contributed by atoms with Crippen LogP contribution in [0.2, 0.25) is 0 Å². The van der Waals surface area contributed by atoms with E-state index in [-0.39, 0.29) is 24.0 Å². The van der Waals surface area contributed by atoms with E-state index in [1.807, 2.05) is 11.3 Å². The first-order valence-corrected chi connectivity index (χ1v) is 12.0. The van der Waals surface area contributed by atoms with Gasteiger partial charge in [-0.2, -0.15) is 0 Å². The van der Waals surface area contributed by atoms with Gasteiger partial charge in [0.2, 0.25) is 0 Å². The number of rotatable bonds is 8. The number of aliphatic imine (C=N–C) groups is 1. The van der Waals surface area contributed by atoms with Crippen LogP contribution in [0.15, 0.2) is 58.9 Å². The molecule has 4 rings (SSSR count). The lowest BCUT2D eigenvalue weighted by molar-refractivity contribution is 0.249. The molecule has 7 heteroatoms. The molecule has 0 amide bonds. The van der Waals surface area contributed by atoms with E-state index >= 15 is 0 Å². The first-order chi connectivity index (χ1) is 14.8. The number of hydrogen-bond acceptors (Lipinski definition) is 4. The molecule has 2 N–H and O–H groups in total. The number of guanidine groups is 1. The first-order valence-electron chi connectivity index (χ1n) is 11.1. The molecule has 1 aromatic heterocycles. The van der Waals surface area contributed by atoms with Crippen molar-refractivity contribution in [2.45, 2.75) is 32.4 Å². The average molecular weight is 552 g/mol. The van der Waals surface area contributed by atoms with E-state index in [0.29, 0.717) is 12.6 Å². The Morgan fingerprint density at radius 2 is 1.90 bits per heavy atom. The van der Waals surface area contributed by atoms with Gasteiger partial charge >= 0.3 is 0 Å². The molecule has 2 aliphatic heterocycles. The van der Waals surface area contributed by atoms with Gasteiger partial charge in [0.1, 0.15) is 0 Å². The minimum Gasteiger partial charge on any atom is -0.364 e. The molecule has 1 atom stereocenters. The molecule has 0 radical (unpaired) electrons. The highest BCUT2D eigenvalue weighted by molar-refractivity contribution is 14.0. The summed E-state index contributed by atoms with van der Waals surface area (Å²) in [6, 6.07) is 13.6. The molecular weight excluding hydrogens is 517 g/mol. The summed E-state index contributed by atoms with van der Waals surface area (Å²) < 4.78 is 0. The molecule has 5 nitrogen and oxygen atoms in total. The Morgan fingerprint density at radius 3 is 2.61 bits per heavy atom. The smallest absolute Gasteiger partial charge is 0.191 e. The molecule has 1 aromatic carbocycles. The quantitative estimate of drug-likeness (QED) is 0.217. The third kappa shape index (κ3) is 6.70. The summed E-state index contributed by atoms with van der Waals surface area (Å²) in [5.74, 6) is 0.895. The maximum atomic E-state index is 4.88. The zero-order valence-corrected chi connectivity index (χ0v) is 21.4. The molecule has 1 fully saturated rings. The second-order valence-electron chi connectivity index (χ2n) is 7.90. The van der Waals surface area contributed by atoms with Gasteiger partial charge in [-0.25, -0.2) is 4.99 Å². The number of nitrogens with zero attached hydrogens (tertiary/aromatic N) is 3. The largest absolute Gasteiger partial charge is 0.364 e. The predicted octanol–water partition coefficient (Wildman–Crippen LogP) is 4.63. The maximum Gasteiger partial charge on any atom is 0.191 e. The third-order valence-electron chi connectivity index (χ3n) is 5.77. The lowest BCUT2D eigenvalue weighted by Gasteiger charge is -2.27. The molecule has 3 heterocycles. The Kier molecular flexibility index (Phi) is 9.67. The topological polar surface area (TPSA) is 42.9 Å². The van der Waals surface area contributed by atoms with Crippen LogP contribution in [0, 0.1) is 0 Å². The van der Waals surface area contributed by atoms with Crippen LogP contribution in [0.4, 0.5) is 5.69 Å². The van der Waals surface area contributed by atoms with Gasteiger partial charge in [0.05, 0.1) is 12.6 Å². The van der Waals surface area contributed by atoms with Gasteiger partial charge in [0.15, 0.2) is 5.96 Å². The van der Waals surface area contributed by atoms with E-state index in [2.05, 4.69) is 81.3 Å². The summed E-state index contributed by atoms with van der Waals surface area (Å²) in [4.78, 5) is 11.3. The van der Waals surface area contributed by atoms with Crippen LogP contribution in [-0.2, 0) is 6.54 Å². The van der Waals surface area contributed by atoms with Gasteiger partial charge in [0.25, 0.3) is 0 Å². The van der Waals surface area contributed by atoms with Crippen molar-refractivity contribution >= 4 is 47.0 Å². The van der Waals surface area contributed by atoms with Crippen LogP contribution in [0.1, 0.15) is 36.2 Å². The van der Waals surface area contributed by atoms with Gasteiger partial charge in [0, 0.05) is 36.7 Å². The lowest BCUT2D eigenvalue weighted by Crippen LogP contribution is -2.42. The van der Waals surface area contributed by atoms with Crippen LogP contribution in [0.5, 0.6) is 0 Å². The molecule has 2 aromatic rings. The van der Waals surface area contributed by atoms with Gasteiger partial charge in [-0.15, -0.1) is 35.3 Å². The summed E-state index contributed by atoms with van der Waals surface area (Å²) in [6.07, 6.45) is 7.06. The molecule has 2 aliphatic rings. The Balaban J connectivity index is 0.00000272. The monoisotopic (exact) mass is 551 g/mol. The minimum atomic E-state index is 0. The van der Waals surface area contributed by atoms with Crippen molar-refractivity contribution in [3.05, 3.63) is 64.4 Å². The van der Waals surface area contributed by atoms with E-state index in [1.165, 1.54) is 42.1 Å². The zero-order chi connectivity index (χ0) is 20.6. The minimum absolute atomic E-state index is 0. The van der Waals surface area contributed by atoms with Crippen molar-refractivity contribution < 1.29 is 0 Å². The number of anilines is 1. The standard InChI is InChI=1S/C24H33N5S.HI/c1-2-25-24(26-18-20-9-7-10-21(17-20)28-12-3-4-13-28)27-19-22(23-11-8-16-30-23)29-14-5-6-15-29;/h3-4,7-11,16-17,22H,2,5-6,12-15,18-19H2,1H3,(H2,25,26,27);1H. The molecule has 0 saturated carbocycles. The van der Waals surface area contributed by atoms with Crippen LogP contribution in [0.3, 0.4) is 0 Å². The maximum absolute atomic E-state index is 4.88. The second-order valence-corrected chi connectivity index (χ2v) is 8.88. The van der Waals surface area contributed by atoms with Crippen molar-refractivity contribution in [2.75, 3.05) is 44.2 Å². The fourth-order valence-corrected chi connectivity index (χ4v) is 5.05. The molecule has 0 spiro atoms. The molecule has 168 valence electrons. The summed E-state index contributed by atoms with van der Waals surface area (Å²) in [7, 11) is 0. The van der Waals surface area contributed by atoms with Gasteiger partial charge in [-0.3, -0.25) is 4.90 Å². The third-order valence-corrected chi connectivity index (χ3v) is 6.75. The van der Waals surface area contributed by atoms with Crippen LogP contribution < -0.4 is 15.5 Å². The highest BCUT2D eigenvalue weighted by Gasteiger charge is 2.24. The molecule has 1 unspecified atom stereocenters. The van der Waals surface area contributed by atoms with E-state index in [1.54, 1.807) is 0 Å². The van der Waals surface area contributed by atoms with Crippen molar-refractivity contribution in [2.24, 2.45) is 4.99 Å². The zero-order valence-electron chi connectivity index (χ0n) is 18.3. The van der Waals surface area contributed by atoms with Gasteiger partial charge in [-0.1, -0.05) is 30.4 Å². The molecule has 1 saturated heterocycles. The molecule has 31 heavy (non-hydrogen) atoms. The summed E-state index contributed by atoms with van der Waals surface area (Å²) in [6.45, 7) is 8.92. The normalized spacial score (nSPS) is 17.6. The van der Waals surface area contributed by atoms with Crippen molar-refractivity contribution in [1.82, 2.24) is 15.5 Å².